The van der Waals surface area contributed by atoms with Crippen LogP contribution < -0.4 is 5.32 Å². The minimum atomic E-state index is 0.00700. The van der Waals surface area contributed by atoms with Crippen LogP contribution in [0.15, 0.2) is 18.7 Å². The Labute approximate surface area is 100 Å². The summed E-state index contributed by atoms with van der Waals surface area (Å²) in [7, 11) is 0. The molecule has 1 unspecified atom stereocenters. The maximum atomic E-state index is 4.14. The average molecular weight is 316 g/mol. The third-order valence-electron chi connectivity index (χ3n) is 1.81. The average Bonchev–Trinajstić information content (AvgIpc) is 2.74. The Morgan fingerprint density at radius 2 is 2.07 bits per heavy atom. The summed E-state index contributed by atoms with van der Waals surface area (Å²) in [6.45, 7) is 1.96. The van der Waals surface area contributed by atoms with E-state index in [1.807, 2.05) is 6.92 Å². The van der Waals surface area contributed by atoms with E-state index in [1.165, 1.54) is 6.33 Å². The van der Waals surface area contributed by atoms with Crippen molar-refractivity contribution in [3.05, 3.63) is 28.1 Å². The zero-order chi connectivity index (χ0) is 10.7. The molecule has 0 aliphatic heterocycles. The standard InChI is InChI=1S/C8H9IN6/c1-5(7-12-4-13-15-7)14-8-10-2-6(9)3-11-8/h2-5H,1H3,(H,10,11,14)(H,12,13,15). The molecule has 0 aromatic carbocycles. The molecule has 78 valence electrons. The number of anilines is 1. The fraction of sp³-hybridized carbons (Fsp3) is 0.250. The Bertz CT molecular complexity index is 411. The van der Waals surface area contributed by atoms with Crippen LogP contribution in [0.2, 0.25) is 0 Å². The molecule has 0 fully saturated rings. The number of halogens is 1. The highest BCUT2D eigenvalue weighted by Crippen LogP contribution is 2.11. The predicted octanol–water partition coefficient (Wildman–Crippen LogP) is 1.37. The first-order valence-electron chi connectivity index (χ1n) is 4.35. The van der Waals surface area contributed by atoms with Crippen LogP contribution in [-0.4, -0.2) is 25.1 Å². The maximum absolute atomic E-state index is 4.14. The molecule has 15 heavy (non-hydrogen) atoms. The van der Waals surface area contributed by atoms with Crippen LogP contribution in [0.3, 0.4) is 0 Å². The van der Waals surface area contributed by atoms with Crippen LogP contribution in [0.25, 0.3) is 0 Å². The van der Waals surface area contributed by atoms with Crippen LogP contribution in [0, 0.1) is 3.57 Å². The number of aromatic amines is 1. The lowest BCUT2D eigenvalue weighted by Crippen LogP contribution is -2.10. The molecule has 0 saturated carbocycles. The Morgan fingerprint density at radius 1 is 1.33 bits per heavy atom. The van der Waals surface area contributed by atoms with E-state index >= 15 is 0 Å². The molecule has 0 bridgehead atoms. The molecule has 0 aliphatic carbocycles. The first kappa shape index (κ1) is 10.3. The number of nitrogens with zero attached hydrogens (tertiary/aromatic N) is 4. The van der Waals surface area contributed by atoms with Gasteiger partial charge in [-0.25, -0.2) is 15.0 Å². The summed E-state index contributed by atoms with van der Waals surface area (Å²) in [6, 6.07) is 0.00700. The minimum Gasteiger partial charge on any atom is -0.345 e. The molecule has 2 heterocycles. The van der Waals surface area contributed by atoms with Gasteiger partial charge >= 0.3 is 0 Å². The summed E-state index contributed by atoms with van der Waals surface area (Å²) in [4.78, 5) is 12.3. The van der Waals surface area contributed by atoms with Crippen molar-refractivity contribution in [1.29, 1.82) is 0 Å². The van der Waals surface area contributed by atoms with Gasteiger partial charge in [-0.1, -0.05) is 0 Å². The van der Waals surface area contributed by atoms with Crippen LogP contribution >= 0.6 is 22.6 Å². The van der Waals surface area contributed by atoms with Crippen LogP contribution in [-0.2, 0) is 0 Å². The van der Waals surface area contributed by atoms with E-state index in [4.69, 9.17) is 0 Å². The summed E-state index contributed by atoms with van der Waals surface area (Å²) < 4.78 is 1.01. The first-order valence-corrected chi connectivity index (χ1v) is 5.43. The van der Waals surface area contributed by atoms with E-state index in [1.54, 1.807) is 12.4 Å². The van der Waals surface area contributed by atoms with Gasteiger partial charge in [-0.2, -0.15) is 5.10 Å². The Morgan fingerprint density at radius 3 is 2.67 bits per heavy atom. The molecule has 0 spiro atoms. The van der Waals surface area contributed by atoms with Gasteiger partial charge < -0.3 is 5.32 Å². The Balaban J connectivity index is 2.06. The molecule has 2 aromatic heterocycles. The molecule has 6 nitrogen and oxygen atoms in total. The highest BCUT2D eigenvalue weighted by Gasteiger charge is 2.08. The van der Waals surface area contributed by atoms with E-state index in [0.29, 0.717) is 5.95 Å². The van der Waals surface area contributed by atoms with Gasteiger partial charge in [-0.15, -0.1) is 0 Å². The van der Waals surface area contributed by atoms with E-state index in [2.05, 4.69) is 53.1 Å². The summed E-state index contributed by atoms with van der Waals surface area (Å²) in [6.07, 6.45) is 4.98. The largest absolute Gasteiger partial charge is 0.345 e. The van der Waals surface area contributed by atoms with Gasteiger partial charge in [0.2, 0.25) is 5.95 Å². The number of nitrogens with one attached hydrogen (secondary N) is 2. The highest BCUT2D eigenvalue weighted by molar-refractivity contribution is 14.1. The zero-order valence-corrected chi connectivity index (χ0v) is 10.1. The van der Waals surface area contributed by atoms with Crippen molar-refractivity contribution in [3.8, 4) is 0 Å². The molecule has 2 aromatic rings. The lowest BCUT2D eigenvalue weighted by Gasteiger charge is -2.09. The molecular formula is C8H9IN6. The molecule has 0 saturated heterocycles. The topological polar surface area (TPSA) is 79.4 Å². The first-order chi connectivity index (χ1) is 7.25. The van der Waals surface area contributed by atoms with E-state index < -0.39 is 0 Å². The predicted molar refractivity (Wildman–Crippen MR) is 63.2 cm³/mol. The molecule has 0 radical (unpaired) electrons. The molecule has 1 atom stereocenters. The lowest BCUT2D eigenvalue weighted by molar-refractivity contribution is 0.782. The number of aromatic nitrogens is 5. The number of H-pyrrole nitrogens is 1. The highest BCUT2D eigenvalue weighted by atomic mass is 127. The summed E-state index contributed by atoms with van der Waals surface area (Å²) >= 11 is 2.16. The monoisotopic (exact) mass is 316 g/mol. The van der Waals surface area contributed by atoms with Crippen molar-refractivity contribution in [2.45, 2.75) is 13.0 Å². The normalized spacial score (nSPS) is 12.4. The second-order valence-electron chi connectivity index (χ2n) is 2.96. The third-order valence-corrected chi connectivity index (χ3v) is 2.37. The molecule has 2 rings (SSSR count). The number of rotatable bonds is 3. The molecular weight excluding hydrogens is 307 g/mol. The fourth-order valence-electron chi connectivity index (χ4n) is 1.07. The van der Waals surface area contributed by atoms with Gasteiger partial charge in [0.15, 0.2) is 0 Å². The second-order valence-corrected chi connectivity index (χ2v) is 4.21. The van der Waals surface area contributed by atoms with Crippen molar-refractivity contribution in [2.24, 2.45) is 0 Å². The third kappa shape index (κ3) is 2.61. The smallest absolute Gasteiger partial charge is 0.223 e. The summed E-state index contributed by atoms with van der Waals surface area (Å²) in [5.41, 5.74) is 0. The zero-order valence-electron chi connectivity index (χ0n) is 7.98. The van der Waals surface area contributed by atoms with Crippen molar-refractivity contribution in [1.82, 2.24) is 25.1 Å². The molecule has 2 N–H and O–H groups in total. The second kappa shape index (κ2) is 4.51. The molecule has 0 aliphatic rings. The molecule has 0 amide bonds. The van der Waals surface area contributed by atoms with Crippen molar-refractivity contribution in [2.75, 3.05) is 5.32 Å². The van der Waals surface area contributed by atoms with Crippen LogP contribution in [0.5, 0.6) is 0 Å². The van der Waals surface area contributed by atoms with Gasteiger partial charge in [-0.3, -0.25) is 5.10 Å². The van der Waals surface area contributed by atoms with Crippen molar-refractivity contribution in [3.63, 3.8) is 0 Å². The van der Waals surface area contributed by atoms with E-state index in [-0.39, 0.29) is 6.04 Å². The Kier molecular flexibility index (Phi) is 3.09. The van der Waals surface area contributed by atoms with Gasteiger partial charge in [0, 0.05) is 16.0 Å². The van der Waals surface area contributed by atoms with Gasteiger partial charge in [0.1, 0.15) is 12.2 Å². The Hall–Kier alpha value is -1.25. The van der Waals surface area contributed by atoms with Gasteiger partial charge in [0.05, 0.1) is 6.04 Å². The van der Waals surface area contributed by atoms with Gasteiger partial charge in [0.25, 0.3) is 0 Å². The molecule has 7 heteroatoms. The summed E-state index contributed by atoms with van der Waals surface area (Å²) in [5, 5.41) is 9.68. The number of hydrogen-bond donors (Lipinski definition) is 2. The van der Waals surface area contributed by atoms with Gasteiger partial charge in [-0.05, 0) is 29.5 Å². The minimum absolute atomic E-state index is 0.00700. The fourth-order valence-corrected chi connectivity index (χ4v) is 1.35. The van der Waals surface area contributed by atoms with Crippen molar-refractivity contribution < 1.29 is 0 Å². The maximum Gasteiger partial charge on any atom is 0.223 e. The quantitative estimate of drug-likeness (QED) is 0.836. The van der Waals surface area contributed by atoms with E-state index in [9.17, 15) is 0 Å². The van der Waals surface area contributed by atoms with E-state index in [0.717, 1.165) is 9.39 Å². The lowest BCUT2D eigenvalue weighted by atomic mass is 10.3. The van der Waals surface area contributed by atoms with Crippen LogP contribution in [0.4, 0.5) is 5.95 Å². The number of hydrogen-bond acceptors (Lipinski definition) is 5. The van der Waals surface area contributed by atoms with Crippen molar-refractivity contribution >= 4 is 28.5 Å². The SMILES string of the molecule is CC(Nc1ncc(I)cn1)c1ncn[nH]1. The van der Waals surface area contributed by atoms with Crippen LogP contribution in [0.1, 0.15) is 18.8 Å². The summed E-state index contributed by atoms with van der Waals surface area (Å²) in [5.74, 6) is 1.34.